The van der Waals surface area contributed by atoms with Gasteiger partial charge in [-0.1, -0.05) is 18.2 Å². The van der Waals surface area contributed by atoms with E-state index in [0.717, 1.165) is 36.7 Å². The Morgan fingerprint density at radius 3 is 3.00 bits per heavy atom. The van der Waals surface area contributed by atoms with Crippen molar-refractivity contribution in [3.63, 3.8) is 0 Å². The summed E-state index contributed by atoms with van der Waals surface area (Å²) < 4.78 is 0. The zero-order chi connectivity index (χ0) is 13.8. The molecule has 0 amide bonds. The molecule has 1 atom stereocenters. The van der Waals surface area contributed by atoms with Crippen LogP contribution in [0.1, 0.15) is 6.42 Å². The van der Waals surface area contributed by atoms with Crippen LogP contribution in [0, 0.1) is 0 Å². The fourth-order valence-corrected chi connectivity index (χ4v) is 2.98. The molecule has 5 heteroatoms. The van der Waals surface area contributed by atoms with Gasteiger partial charge in [-0.05, 0) is 31.4 Å². The van der Waals surface area contributed by atoms with Crippen molar-refractivity contribution < 1.29 is 0 Å². The van der Waals surface area contributed by atoms with Crippen LogP contribution in [0.5, 0.6) is 0 Å². The molecule has 0 saturated carbocycles. The van der Waals surface area contributed by atoms with Crippen molar-refractivity contribution in [2.75, 3.05) is 24.7 Å². The van der Waals surface area contributed by atoms with E-state index in [-0.39, 0.29) is 0 Å². The van der Waals surface area contributed by atoms with Crippen molar-refractivity contribution in [2.45, 2.75) is 17.4 Å². The molecule has 1 saturated heterocycles. The number of aromatic nitrogens is 2. The monoisotopic (exact) mass is 286 g/mol. The highest BCUT2D eigenvalue weighted by Crippen LogP contribution is 2.28. The molecule has 0 radical (unpaired) electrons. The van der Waals surface area contributed by atoms with Crippen LogP contribution < -0.4 is 10.6 Å². The van der Waals surface area contributed by atoms with Crippen molar-refractivity contribution in [3.05, 3.63) is 36.5 Å². The van der Waals surface area contributed by atoms with E-state index in [1.807, 2.05) is 24.4 Å². The standard InChI is InChI=1S/C15H18N4S/c1-20-13-5-3-2-4-12(13)15-17-9-7-14(19-15)18-11-6-8-16-10-11/h2-5,7,9,11,16H,6,8,10H2,1H3,(H,17,18,19). The van der Waals surface area contributed by atoms with Crippen LogP contribution in [0.3, 0.4) is 0 Å². The molecule has 0 aliphatic carbocycles. The quantitative estimate of drug-likeness (QED) is 0.846. The number of nitrogens with one attached hydrogen (secondary N) is 2. The molecule has 2 N–H and O–H groups in total. The van der Waals surface area contributed by atoms with Gasteiger partial charge in [0.05, 0.1) is 0 Å². The lowest BCUT2D eigenvalue weighted by Gasteiger charge is -2.13. The molecule has 1 fully saturated rings. The van der Waals surface area contributed by atoms with E-state index in [1.165, 1.54) is 4.90 Å². The van der Waals surface area contributed by atoms with E-state index in [2.05, 4.69) is 39.0 Å². The number of thioether (sulfide) groups is 1. The topological polar surface area (TPSA) is 49.8 Å². The maximum atomic E-state index is 4.65. The lowest BCUT2D eigenvalue weighted by Crippen LogP contribution is -2.22. The molecule has 20 heavy (non-hydrogen) atoms. The predicted molar refractivity (Wildman–Crippen MR) is 84.1 cm³/mol. The molecular weight excluding hydrogens is 268 g/mol. The lowest BCUT2D eigenvalue weighted by molar-refractivity contribution is 0.787. The van der Waals surface area contributed by atoms with Gasteiger partial charge in [0.1, 0.15) is 5.82 Å². The third kappa shape index (κ3) is 2.94. The average molecular weight is 286 g/mol. The highest BCUT2D eigenvalue weighted by Gasteiger charge is 2.15. The number of hydrogen-bond donors (Lipinski definition) is 2. The van der Waals surface area contributed by atoms with Crippen LogP contribution in [0.2, 0.25) is 0 Å². The first-order valence-electron chi connectivity index (χ1n) is 6.80. The Morgan fingerprint density at radius 1 is 1.30 bits per heavy atom. The molecule has 2 heterocycles. The Balaban J connectivity index is 1.86. The number of benzene rings is 1. The summed E-state index contributed by atoms with van der Waals surface area (Å²) in [6, 6.07) is 10.6. The molecule has 3 rings (SSSR count). The van der Waals surface area contributed by atoms with Gasteiger partial charge in [0.2, 0.25) is 0 Å². The molecule has 1 aromatic heterocycles. The van der Waals surface area contributed by atoms with Gasteiger partial charge in [-0.25, -0.2) is 9.97 Å². The van der Waals surface area contributed by atoms with Gasteiger partial charge in [0.15, 0.2) is 5.82 Å². The SMILES string of the molecule is CSc1ccccc1-c1nccc(NC2CCNC2)n1. The van der Waals surface area contributed by atoms with E-state index in [4.69, 9.17) is 0 Å². The van der Waals surface area contributed by atoms with Gasteiger partial charge < -0.3 is 10.6 Å². The number of anilines is 1. The Bertz CT molecular complexity index is 582. The van der Waals surface area contributed by atoms with Gasteiger partial charge in [-0.2, -0.15) is 0 Å². The van der Waals surface area contributed by atoms with Gasteiger partial charge in [-0.15, -0.1) is 11.8 Å². The second-order valence-electron chi connectivity index (χ2n) is 4.80. The zero-order valence-corrected chi connectivity index (χ0v) is 12.3. The van der Waals surface area contributed by atoms with Crippen LogP contribution in [0.15, 0.2) is 41.4 Å². The van der Waals surface area contributed by atoms with Crippen LogP contribution in [-0.4, -0.2) is 35.4 Å². The molecule has 0 spiro atoms. The van der Waals surface area contributed by atoms with E-state index in [0.29, 0.717) is 6.04 Å². The Hall–Kier alpha value is -1.59. The van der Waals surface area contributed by atoms with Gasteiger partial charge in [0.25, 0.3) is 0 Å². The second-order valence-corrected chi connectivity index (χ2v) is 5.65. The first kappa shape index (κ1) is 13.4. The van der Waals surface area contributed by atoms with E-state index in [1.54, 1.807) is 11.8 Å². The highest BCUT2D eigenvalue weighted by molar-refractivity contribution is 7.98. The Morgan fingerprint density at radius 2 is 2.20 bits per heavy atom. The molecule has 2 aromatic rings. The Kier molecular flexibility index (Phi) is 4.18. The molecule has 1 aliphatic heterocycles. The molecule has 1 aliphatic rings. The third-order valence-electron chi connectivity index (χ3n) is 3.42. The zero-order valence-electron chi connectivity index (χ0n) is 11.5. The van der Waals surface area contributed by atoms with Crippen molar-refractivity contribution in [1.29, 1.82) is 0 Å². The fourth-order valence-electron chi connectivity index (χ4n) is 2.39. The van der Waals surface area contributed by atoms with E-state index < -0.39 is 0 Å². The summed E-state index contributed by atoms with van der Waals surface area (Å²) in [5.74, 6) is 1.69. The molecule has 1 unspecified atom stereocenters. The van der Waals surface area contributed by atoms with Crippen LogP contribution >= 0.6 is 11.8 Å². The second kappa shape index (κ2) is 6.24. The van der Waals surface area contributed by atoms with Gasteiger partial charge in [-0.3, -0.25) is 0 Å². The molecule has 104 valence electrons. The minimum absolute atomic E-state index is 0.466. The van der Waals surface area contributed by atoms with Crippen LogP contribution in [0.4, 0.5) is 5.82 Å². The van der Waals surface area contributed by atoms with E-state index in [9.17, 15) is 0 Å². The van der Waals surface area contributed by atoms with Crippen LogP contribution in [-0.2, 0) is 0 Å². The minimum Gasteiger partial charge on any atom is -0.366 e. The summed E-state index contributed by atoms with van der Waals surface area (Å²) in [6.45, 7) is 2.08. The normalized spacial score (nSPS) is 18.1. The number of nitrogens with zero attached hydrogens (tertiary/aromatic N) is 2. The number of rotatable bonds is 4. The van der Waals surface area contributed by atoms with Crippen molar-refractivity contribution in [1.82, 2.24) is 15.3 Å². The largest absolute Gasteiger partial charge is 0.366 e. The Labute approximate surface area is 123 Å². The predicted octanol–water partition coefficient (Wildman–Crippen LogP) is 2.64. The van der Waals surface area contributed by atoms with Gasteiger partial charge in [0, 0.05) is 29.2 Å². The van der Waals surface area contributed by atoms with Crippen molar-refractivity contribution >= 4 is 17.6 Å². The molecule has 1 aromatic carbocycles. The summed E-state index contributed by atoms with van der Waals surface area (Å²) in [6.07, 6.45) is 5.04. The highest BCUT2D eigenvalue weighted by atomic mass is 32.2. The van der Waals surface area contributed by atoms with Gasteiger partial charge >= 0.3 is 0 Å². The summed E-state index contributed by atoms with van der Waals surface area (Å²) in [5, 5.41) is 6.82. The average Bonchev–Trinajstić information content (AvgIpc) is 3.00. The maximum absolute atomic E-state index is 4.65. The maximum Gasteiger partial charge on any atom is 0.162 e. The van der Waals surface area contributed by atoms with Crippen molar-refractivity contribution in [2.24, 2.45) is 0 Å². The van der Waals surface area contributed by atoms with E-state index >= 15 is 0 Å². The third-order valence-corrected chi connectivity index (χ3v) is 4.21. The first-order chi connectivity index (χ1) is 9.86. The molecule has 0 bridgehead atoms. The summed E-state index contributed by atoms with van der Waals surface area (Å²) in [5.41, 5.74) is 1.09. The van der Waals surface area contributed by atoms with Crippen LogP contribution in [0.25, 0.3) is 11.4 Å². The molecular formula is C15H18N4S. The van der Waals surface area contributed by atoms with Crippen molar-refractivity contribution in [3.8, 4) is 11.4 Å². The first-order valence-corrected chi connectivity index (χ1v) is 8.03. The molecule has 4 nitrogen and oxygen atoms in total. The lowest BCUT2D eigenvalue weighted by atomic mass is 10.2. The summed E-state index contributed by atoms with van der Waals surface area (Å²) in [7, 11) is 0. The number of hydrogen-bond acceptors (Lipinski definition) is 5. The minimum atomic E-state index is 0.466. The summed E-state index contributed by atoms with van der Waals surface area (Å²) >= 11 is 1.72. The summed E-state index contributed by atoms with van der Waals surface area (Å²) in [4.78, 5) is 10.3. The fraction of sp³-hybridized carbons (Fsp3) is 0.333. The smallest absolute Gasteiger partial charge is 0.162 e.